The van der Waals surface area contributed by atoms with Gasteiger partial charge < -0.3 is 10.2 Å². The molecule has 1 atom stereocenters. The van der Waals surface area contributed by atoms with Gasteiger partial charge in [-0.05, 0) is 25.5 Å². The van der Waals surface area contributed by atoms with Crippen LogP contribution in [0.15, 0.2) is 12.1 Å². The van der Waals surface area contributed by atoms with Gasteiger partial charge in [-0.3, -0.25) is 15.0 Å². The van der Waals surface area contributed by atoms with E-state index in [-0.39, 0.29) is 10.6 Å². The zero-order chi connectivity index (χ0) is 14.1. The van der Waals surface area contributed by atoms with E-state index in [0.29, 0.717) is 17.7 Å². The number of anilines is 2. The van der Waals surface area contributed by atoms with Gasteiger partial charge in [0.2, 0.25) is 5.82 Å². The number of hydrogen-bond donors (Lipinski definition) is 1. The minimum atomic E-state index is -0.344. The van der Waals surface area contributed by atoms with Gasteiger partial charge >= 0.3 is 5.69 Å². The van der Waals surface area contributed by atoms with E-state index in [1.807, 2.05) is 0 Å². The average molecular weight is 277 g/mol. The molecule has 0 amide bonds. The monoisotopic (exact) mass is 277 g/mol. The van der Waals surface area contributed by atoms with Crippen molar-refractivity contribution in [1.29, 1.82) is 0 Å². The summed E-state index contributed by atoms with van der Waals surface area (Å²) in [5.74, 6) is 1.16. The Hall–Kier alpha value is -1.89. The van der Waals surface area contributed by atoms with Crippen LogP contribution in [0.2, 0.25) is 0 Å². The molecule has 2 fully saturated rings. The summed E-state index contributed by atoms with van der Waals surface area (Å²) in [7, 11) is 1.77. The minimum absolute atomic E-state index is 0.0930. The molecule has 1 aromatic heterocycles. The SMILES string of the molecule is CNc1ccc([N+](=O)[O-])c(N2CCN3CCCC3C2)n1. The highest BCUT2D eigenvalue weighted by Crippen LogP contribution is 2.31. The van der Waals surface area contributed by atoms with Crippen LogP contribution < -0.4 is 10.2 Å². The van der Waals surface area contributed by atoms with E-state index < -0.39 is 0 Å². The van der Waals surface area contributed by atoms with Crippen LogP contribution in [-0.2, 0) is 0 Å². The van der Waals surface area contributed by atoms with E-state index in [9.17, 15) is 10.1 Å². The number of rotatable bonds is 3. The Bertz CT molecular complexity index is 521. The highest BCUT2D eigenvalue weighted by atomic mass is 16.6. The summed E-state index contributed by atoms with van der Waals surface area (Å²) in [6, 6.07) is 3.70. The largest absolute Gasteiger partial charge is 0.373 e. The number of aromatic nitrogens is 1. The fourth-order valence-electron chi connectivity index (χ4n) is 3.14. The lowest BCUT2D eigenvalue weighted by atomic mass is 10.1. The molecule has 0 radical (unpaired) electrons. The van der Waals surface area contributed by atoms with E-state index in [2.05, 4.69) is 20.1 Å². The number of pyridine rings is 1. The van der Waals surface area contributed by atoms with Crippen LogP contribution in [0.5, 0.6) is 0 Å². The van der Waals surface area contributed by atoms with E-state index in [1.54, 1.807) is 13.1 Å². The van der Waals surface area contributed by atoms with Gasteiger partial charge in [-0.25, -0.2) is 4.98 Å². The van der Waals surface area contributed by atoms with Crippen molar-refractivity contribution in [2.45, 2.75) is 18.9 Å². The summed E-state index contributed by atoms with van der Waals surface area (Å²) >= 11 is 0. The molecule has 3 rings (SSSR count). The fraction of sp³-hybridized carbons (Fsp3) is 0.615. The van der Waals surface area contributed by atoms with Gasteiger partial charge in [0.25, 0.3) is 0 Å². The second-order valence-corrected chi connectivity index (χ2v) is 5.32. The van der Waals surface area contributed by atoms with E-state index in [0.717, 1.165) is 26.2 Å². The van der Waals surface area contributed by atoms with Crippen molar-refractivity contribution < 1.29 is 4.92 Å². The van der Waals surface area contributed by atoms with Crippen LogP contribution in [0.4, 0.5) is 17.3 Å². The lowest BCUT2D eigenvalue weighted by Crippen LogP contribution is -2.50. The number of nitrogens with zero attached hydrogens (tertiary/aromatic N) is 4. The van der Waals surface area contributed by atoms with Crippen molar-refractivity contribution in [1.82, 2.24) is 9.88 Å². The number of piperazine rings is 1. The molecule has 108 valence electrons. The average Bonchev–Trinajstić information content (AvgIpc) is 2.93. The number of fused-ring (bicyclic) bond motifs is 1. The fourth-order valence-corrected chi connectivity index (χ4v) is 3.14. The maximum atomic E-state index is 11.2. The second-order valence-electron chi connectivity index (χ2n) is 5.32. The van der Waals surface area contributed by atoms with Crippen molar-refractivity contribution in [3.63, 3.8) is 0 Å². The lowest BCUT2D eigenvalue weighted by molar-refractivity contribution is -0.384. The van der Waals surface area contributed by atoms with E-state index in [1.165, 1.54) is 18.9 Å². The zero-order valence-corrected chi connectivity index (χ0v) is 11.6. The first-order chi connectivity index (χ1) is 9.69. The predicted molar refractivity (Wildman–Crippen MR) is 77.2 cm³/mol. The van der Waals surface area contributed by atoms with Gasteiger partial charge in [-0.2, -0.15) is 0 Å². The molecule has 0 aliphatic carbocycles. The zero-order valence-electron chi connectivity index (χ0n) is 11.6. The number of hydrogen-bond acceptors (Lipinski definition) is 6. The van der Waals surface area contributed by atoms with E-state index in [4.69, 9.17) is 0 Å². The first kappa shape index (κ1) is 13.1. The molecule has 0 bridgehead atoms. The summed E-state index contributed by atoms with van der Waals surface area (Å²) in [6.07, 6.45) is 2.40. The Balaban J connectivity index is 1.89. The molecular weight excluding hydrogens is 258 g/mol. The maximum absolute atomic E-state index is 11.2. The minimum Gasteiger partial charge on any atom is -0.373 e. The second kappa shape index (κ2) is 5.24. The topological polar surface area (TPSA) is 74.5 Å². The Morgan fingerprint density at radius 2 is 2.25 bits per heavy atom. The first-order valence-electron chi connectivity index (χ1n) is 7.01. The van der Waals surface area contributed by atoms with Crippen LogP contribution in [0.25, 0.3) is 0 Å². The first-order valence-corrected chi connectivity index (χ1v) is 7.01. The van der Waals surface area contributed by atoms with Crippen molar-refractivity contribution in [3.05, 3.63) is 22.2 Å². The molecule has 3 heterocycles. The van der Waals surface area contributed by atoms with Crippen LogP contribution >= 0.6 is 0 Å². The Morgan fingerprint density at radius 3 is 3.00 bits per heavy atom. The molecule has 1 N–H and O–H groups in total. The van der Waals surface area contributed by atoms with E-state index >= 15 is 0 Å². The maximum Gasteiger partial charge on any atom is 0.311 e. The summed E-state index contributed by atoms with van der Waals surface area (Å²) in [6.45, 7) is 3.76. The van der Waals surface area contributed by atoms with Crippen LogP contribution in [0.1, 0.15) is 12.8 Å². The van der Waals surface area contributed by atoms with Gasteiger partial charge in [0, 0.05) is 38.8 Å². The van der Waals surface area contributed by atoms with Crippen LogP contribution in [-0.4, -0.2) is 54.1 Å². The highest BCUT2D eigenvalue weighted by molar-refractivity contribution is 5.62. The summed E-state index contributed by atoms with van der Waals surface area (Å²) in [5.41, 5.74) is 0.0930. The number of nitrogens with one attached hydrogen (secondary N) is 1. The Morgan fingerprint density at radius 1 is 1.40 bits per heavy atom. The summed E-state index contributed by atoms with van der Waals surface area (Å²) < 4.78 is 0. The molecule has 0 spiro atoms. The smallest absolute Gasteiger partial charge is 0.311 e. The van der Waals surface area contributed by atoms with Crippen molar-refractivity contribution in [3.8, 4) is 0 Å². The van der Waals surface area contributed by atoms with Gasteiger partial charge in [0.05, 0.1) is 4.92 Å². The molecule has 7 nitrogen and oxygen atoms in total. The summed E-state index contributed by atoms with van der Waals surface area (Å²) in [4.78, 5) is 19.8. The Kier molecular flexibility index (Phi) is 3.43. The molecular formula is C13H19N5O2. The standard InChI is InChI=1S/C13H19N5O2/c1-14-12-5-4-11(18(19)20)13(15-12)17-8-7-16-6-2-3-10(16)9-17/h4-5,10H,2-3,6-9H2,1H3,(H,14,15). The predicted octanol–water partition coefficient (Wildman–Crippen LogP) is 1.32. The van der Waals surface area contributed by atoms with Gasteiger partial charge in [-0.1, -0.05) is 0 Å². The highest BCUT2D eigenvalue weighted by Gasteiger charge is 2.33. The third-order valence-electron chi connectivity index (χ3n) is 4.19. The number of nitro groups is 1. The molecule has 1 aromatic rings. The molecule has 2 aliphatic rings. The molecule has 1 unspecified atom stereocenters. The van der Waals surface area contributed by atoms with Crippen molar-refractivity contribution in [2.75, 3.05) is 43.4 Å². The molecule has 0 saturated carbocycles. The van der Waals surface area contributed by atoms with Crippen molar-refractivity contribution in [2.24, 2.45) is 0 Å². The lowest BCUT2D eigenvalue weighted by Gasteiger charge is -2.37. The molecule has 20 heavy (non-hydrogen) atoms. The van der Waals surface area contributed by atoms with Gasteiger partial charge in [-0.15, -0.1) is 0 Å². The van der Waals surface area contributed by atoms with Crippen LogP contribution in [0.3, 0.4) is 0 Å². The van der Waals surface area contributed by atoms with Gasteiger partial charge in [0.15, 0.2) is 0 Å². The quantitative estimate of drug-likeness (QED) is 0.663. The molecule has 2 saturated heterocycles. The molecule has 2 aliphatic heterocycles. The van der Waals surface area contributed by atoms with Gasteiger partial charge in [0.1, 0.15) is 5.82 Å². The molecule has 7 heteroatoms. The normalized spacial score (nSPS) is 22.6. The van der Waals surface area contributed by atoms with Crippen LogP contribution in [0, 0.1) is 10.1 Å². The summed E-state index contributed by atoms with van der Waals surface area (Å²) in [5, 5.41) is 14.1. The third-order valence-corrected chi connectivity index (χ3v) is 4.19. The molecule has 0 aromatic carbocycles. The third kappa shape index (κ3) is 2.29. The van der Waals surface area contributed by atoms with Crippen molar-refractivity contribution >= 4 is 17.3 Å². The Labute approximate surface area is 117 Å².